The highest BCUT2D eigenvalue weighted by Crippen LogP contribution is 2.33. The van der Waals surface area contributed by atoms with Crippen molar-refractivity contribution in [1.29, 1.82) is 0 Å². The molecule has 150 valence electrons. The highest BCUT2D eigenvalue weighted by Gasteiger charge is 2.32. The predicted octanol–water partition coefficient (Wildman–Crippen LogP) is 4.32. The van der Waals surface area contributed by atoms with E-state index in [9.17, 15) is 9.59 Å². The van der Waals surface area contributed by atoms with Crippen LogP contribution in [0.4, 0.5) is 5.82 Å². The fraction of sp³-hybridized carbons (Fsp3) is 0.682. The first-order valence-electron chi connectivity index (χ1n) is 10.4. The summed E-state index contributed by atoms with van der Waals surface area (Å²) in [5.41, 5.74) is 0.846. The number of amides is 2. The van der Waals surface area contributed by atoms with Crippen LogP contribution in [-0.4, -0.2) is 22.8 Å². The predicted molar refractivity (Wildman–Crippen MR) is 109 cm³/mol. The maximum atomic E-state index is 12.8. The van der Waals surface area contributed by atoms with Crippen molar-refractivity contribution in [3.8, 4) is 0 Å². The molecule has 27 heavy (non-hydrogen) atoms. The number of pyridine rings is 1. The molecule has 2 N–H and O–H groups in total. The molecule has 1 aliphatic rings. The number of aryl methyl sites for hydroxylation is 1. The fourth-order valence-electron chi connectivity index (χ4n) is 3.84. The minimum Gasteiger partial charge on any atom is -0.344 e. The molecule has 0 radical (unpaired) electrons. The highest BCUT2D eigenvalue weighted by atomic mass is 16.2. The van der Waals surface area contributed by atoms with Crippen LogP contribution in [0.3, 0.4) is 0 Å². The standard InChI is InChI=1S/C22H35N3O2/c1-6-15(4)20(22(27)24-19-9-7-8-16(5)23-19)25-21(26)18-12-10-17(11-13-18)14(2)3/h7-9,14-15,17-18,20H,6,10-13H2,1-5H3,(H,25,26)(H,23,24,27)/t15-,17?,18?,20+/m1/s1. The van der Waals surface area contributed by atoms with Crippen molar-refractivity contribution in [2.24, 2.45) is 23.7 Å². The van der Waals surface area contributed by atoms with Gasteiger partial charge in [0.05, 0.1) is 0 Å². The minimum absolute atomic E-state index is 0.0230. The number of hydrogen-bond donors (Lipinski definition) is 2. The van der Waals surface area contributed by atoms with Crippen LogP contribution < -0.4 is 10.6 Å². The van der Waals surface area contributed by atoms with E-state index >= 15 is 0 Å². The van der Waals surface area contributed by atoms with Crippen LogP contribution in [0.15, 0.2) is 18.2 Å². The summed E-state index contributed by atoms with van der Waals surface area (Å²) in [6.45, 7) is 10.4. The van der Waals surface area contributed by atoms with Crippen LogP contribution in [0.1, 0.15) is 65.5 Å². The fourth-order valence-corrected chi connectivity index (χ4v) is 3.84. The Morgan fingerprint density at radius 3 is 2.37 bits per heavy atom. The minimum atomic E-state index is -0.535. The number of hydrogen-bond acceptors (Lipinski definition) is 3. The number of rotatable bonds is 7. The third kappa shape index (κ3) is 6.05. The van der Waals surface area contributed by atoms with Gasteiger partial charge in [0, 0.05) is 11.6 Å². The van der Waals surface area contributed by atoms with E-state index in [0.29, 0.717) is 11.7 Å². The molecule has 2 rings (SSSR count). The average Bonchev–Trinajstić information content (AvgIpc) is 2.65. The van der Waals surface area contributed by atoms with Crippen molar-refractivity contribution in [2.45, 2.75) is 72.8 Å². The molecule has 2 atom stereocenters. The van der Waals surface area contributed by atoms with Gasteiger partial charge in [-0.1, -0.05) is 40.2 Å². The molecule has 1 saturated carbocycles. The Labute approximate surface area is 163 Å². The van der Waals surface area contributed by atoms with E-state index in [2.05, 4.69) is 29.5 Å². The third-order valence-electron chi connectivity index (χ3n) is 6.02. The van der Waals surface area contributed by atoms with Crippen molar-refractivity contribution < 1.29 is 9.59 Å². The van der Waals surface area contributed by atoms with Crippen LogP contribution in [-0.2, 0) is 9.59 Å². The summed E-state index contributed by atoms with van der Waals surface area (Å²) in [4.78, 5) is 30.0. The lowest BCUT2D eigenvalue weighted by Crippen LogP contribution is -2.50. The molecular formula is C22H35N3O2. The Morgan fingerprint density at radius 2 is 1.81 bits per heavy atom. The third-order valence-corrected chi connectivity index (χ3v) is 6.02. The summed E-state index contributed by atoms with van der Waals surface area (Å²) in [5.74, 6) is 1.84. The number of nitrogens with zero attached hydrogens (tertiary/aromatic N) is 1. The normalized spacial score (nSPS) is 22.1. The molecule has 5 heteroatoms. The molecule has 2 amide bonds. The Bertz CT molecular complexity index is 636. The van der Waals surface area contributed by atoms with Gasteiger partial charge in [0.25, 0.3) is 0 Å². The lowest BCUT2D eigenvalue weighted by molar-refractivity contribution is -0.131. The molecule has 0 unspecified atom stereocenters. The van der Waals surface area contributed by atoms with E-state index in [1.54, 1.807) is 6.07 Å². The summed E-state index contributed by atoms with van der Waals surface area (Å²) >= 11 is 0. The highest BCUT2D eigenvalue weighted by molar-refractivity contribution is 5.97. The topological polar surface area (TPSA) is 71.1 Å². The number of carbonyl (C=O) groups excluding carboxylic acids is 2. The first kappa shape index (κ1) is 21.4. The van der Waals surface area contributed by atoms with Crippen molar-refractivity contribution in [3.05, 3.63) is 23.9 Å². The molecular weight excluding hydrogens is 338 g/mol. The Balaban J connectivity index is 1.99. The van der Waals surface area contributed by atoms with Gasteiger partial charge >= 0.3 is 0 Å². The molecule has 0 aliphatic heterocycles. The van der Waals surface area contributed by atoms with E-state index in [-0.39, 0.29) is 23.7 Å². The number of anilines is 1. The molecule has 1 aromatic rings. The zero-order valence-electron chi connectivity index (χ0n) is 17.4. The Hall–Kier alpha value is -1.91. The van der Waals surface area contributed by atoms with Crippen LogP contribution in [0, 0.1) is 30.6 Å². The SMILES string of the molecule is CC[C@@H](C)[C@H](NC(=O)C1CCC(C(C)C)CC1)C(=O)Nc1cccc(C)n1. The Kier molecular flexibility index (Phi) is 7.81. The largest absolute Gasteiger partial charge is 0.344 e. The first-order chi connectivity index (χ1) is 12.8. The summed E-state index contributed by atoms with van der Waals surface area (Å²) in [6.07, 6.45) is 4.86. The zero-order chi connectivity index (χ0) is 20.0. The second-order valence-electron chi connectivity index (χ2n) is 8.38. The van der Waals surface area contributed by atoms with Gasteiger partial charge in [-0.25, -0.2) is 4.98 Å². The summed E-state index contributed by atoms with van der Waals surface area (Å²) in [5, 5.41) is 5.90. The molecule has 5 nitrogen and oxygen atoms in total. The van der Waals surface area contributed by atoms with Crippen LogP contribution >= 0.6 is 0 Å². The Morgan fingerprint density at radius 1 is 1.15 bits per heavy atom. The first-order valence-corrected chi connectivity index (χ1v) is 10.4. The van der Waals surface area contributed by atoms with Crippen LogP contribution in [0.5, 0.6) is 0 Å². The van der Waals surface area contributed by atoms with Gasteiger partial charge in [0.2, 0.25) is 11.8 Å². The molecule has 1 aromatic heterocycles. The van der Waals surface area contributed by atoms with E-state index in [4.69, 9.17) is 0 Å². The summed E-state index contributed by atoms with van der Waals surface area (Å²) < 4.78 is 0. The van der Waals surface area contributed by atoms with Crippen molar-refractivity contribution in [1.82, 2.24) is 10.3 Å². The van der Waals surface area contributed by atoms with E-state index in [1.165, 1.54) is 0 Å². The van der Waals surface area contributed by atoms with Gasteiger partial charge in [-0.2, -0.15) is 0 Å². The monoisotopic (exact) mass is 373 g/mol. The molecule has 1 aliphatic carbocycles. The van der Waals surface area contributed by atoms with Gasteiger partial charge < -0.3 is 10.6 Å². The van der Waals surface area contributed by atoms with E-state index in [1.807, 2.05) is 32.9 Å². The van der Waals surface area contributed by atoms with Gasteiger partial charge in [0.1, 0.15) is 11.9 Å². The second-order valence-corrected chi connectivity index (χ2v) is 8.38. The van der Waals surface area contributed by atoms with Crippen molar-refractivity contribution in [3.63, 3.8) is 0 Å². The van der Waals surface area contributed by atoms with Gasteiger partial charge in [-0.3, -0.25) is 9.59 Å². The second kappa shape index (κ2) is 9.86. The maximum Gasteiger partial charge on any atom is 0.248 e. The number of carbonyl (C=O) groups is 2. The van der Waals surface area contributed by atoms with Gasteiger partial charge in [-0.05, 0) is 62.5 Å². The van der Waals surface area contributed by atoms with Gasteiger partial charge in [0.15, 0.2) is 0 Å². The van der Waals surface area contributed by atoms with Crippen LogP contribution in [0.2, 0.25) is 0 Å². The smallest absolute Gasteiger partial charge is 0.248 e. The molecule has 1 heterocycles. The molecule has 0 saturated heterocycles. The maximum absolute atomic E-state index is 12.8. The van der Waals surface area contributed by atoms with Crippen molar-refractivity contribution in [2.75, 3.05) is 5.32 Å². The number of nitrogens with one attached hydrogen (secondary N) is 2. The molecule has 1 fully saturated rings. The zero-order valence-corrected chi connectivity index (χ0v) is 17.4. The average molecular weight is 374 g/mol. The summed E-state index contributed by atoms with van der Waals surface area (Å²) in [7, 11) is 0. The lowest BCUT2D eigenvalue weighted by Gasteiger charge is -2.32. The van der Waals surface area contributed by atoms with Crippen LogP contribution in [0.25, 0.3) is 0 Å². The van der Waals surface area contributed by atoms with E-state index in [0.717, 1.165) is 43.7 Å². The van der Waals surface area contributed by atoms with Crippen molar-refractivity contribution >= 4 is 17.6 Å². The molecule has 0 spiro atoms. The van der Waals surface area contributed by atoms with Gasteiger partial charge in [-0.15, -0.1) is 0 Å². The lowest BCUT2D eigenvalue weighted by atomic mass is 9.76. The summed E-state index contributed by atoms with van der Waals surface area (Å²) in [6, 6.07) is 4.99. The number of aromatic nitrogens is 1. The molecule has 0 aromatic carbocycles. The quantitative estimate of drug-likeness (QED) is 0.747. The van der Waals surface area contributed by atoms with E-state index < -0.39 is 6.04 Å². The molecule has 0 bridgehead atoms.